The third-order valence-electron chi connectivity index (χ3n) is 2.17. The molecule has 1 aliphatic rings. The Bertz CT molecular complexity index is 207. The molecular formula is C9H13NO2. The predicted octanol–water partition coefficient (Wildman–Crippen LogP) is 0.290. The maximum Gasteiger partial charge on any atom is 0.311 e. The molecule has 66 valence electrons. The van der Waals surface area contributed by atoms with Crippen LogP contribution in [0.5, 0.6) is 0 Å². The molecule has 0 unspecified atom stereocenters. The maximum absolute atomic E-state index is 11.2. The van der Waals surface area contributed by atoms with E-state index >= 15 is 0 Å². The number of rotatable bonds is 2. The summed E-state index contributed by atoms with van der Waals surface area (Å²) in [5, 5.41) is 0. The van der Waals surface area contributed by atoms with Gasteiger partial charge in [0.2, 0.25) is 0 Å². The minimum Gasteiger partial charge on any atom is -0.452 e. The third-order valence-corrected chi connectivity index (χ3v) is 2.17. The van der Waals surface area contributed by atoms with Crippen LogP contribution >= 0.6 is 0 Å². The van der Waals surface area contributed by atoms with Crippen LogP contribution in [0.15, 0.2) is 0 Å². The molecule has 3 heteroatoms. The van der Waals surface area contributed by atoms with Crippen LogP contribution in [0.1, 0.15) is 19.3 Å². The molecule has 1 saturated carbocycles. The van der Waals surface area contributed by atoms with E-state index in [-0.39, 0.29) is 24.5 Å². The van der Waals surface area contributed by atoms with Crippen molar-refractivity contribution in [3.05, 3.63) is 0 Å². The molecule has 1 aliphatic carbocycles. The second-order valence-electron chi connectivity index (χ2n) is 3.01. The zero-order valence-electron chi connectivity index (χ0n) is 6.95. The van der Waals surface area contributed by atoms with E-state index in [9.17, 15) is 4.79 Å². The lowest BCUT2D eigenvalue weighted by molar-refractivity contribution is -0.147. The van der Waals surface area contributed by atoms with Crippen molar-refractivity contribution in [1.82, 2.24) is 0 Å². The maximum atomic E-state index is 11.2. The molecular weight excluding hydrogens is 154 g/mol. The number of hydrogen-bond donors (Lipinski definition) is 1. The van der Waals surface area contributed by atoms with Gasteiger partial charge in [0.05, 0.1) is 5.92 Å². The predicted molar refractivity (Wildman–Crippen MR) is 45.1 cm³/mol. The number of nitrogens with two attached hydrogens (primary N) is 1. The van der Waals surface area contributed by atoms with Crippen molar-refractivity contribution < 1.29 is 9.53 Å². The highest BCUT2D eigenvalue weighted by Gasteiger charge is 2.31. The minimum atomic E-state index is -0.238. The van der Waals surface area contributed by atoms with Gasteiger partial charge in [-0.2, -0.15) is 0 Å². The van der Waals surface area contributed by atoms with Crippen LogP contribution in [0.3, 0.4) is 0 Å². The quantitative estimate of drug-likeness (QED) is 0.475. The first kappa shape index (κ1) is 9.08. The normalized spacial score (nSPS) is 28.0. The summed E-state index contributed by atoms with van der Waals surface area (Å²) in [6.07, 6.45) is 7.71. The molecule has 0 aromatic heterocycles. The summed E-state index contributed by atoms with van der Waals surface area (Å²) >= 11 is 0. The van der Waals surface area contributed by atoms with Gasteiger partial charge in [0.25, 0.3) is 0 Å². The summed E-state index contributed by atoms with van der Waals surface area (Å²) in [6, 6.07) is -0.0322. The second-order valence-corrected chi connectivity index (χ2v) is 3.01. The summed E-state index contributed by atoms with van der Waals surface area (Å²) in [4.78, 5) is 11.2. The highest BCUT2D eigenvalue weighted by Crippen LogP contribution is 2.24. The van der Waals surface area contributed by atoms with Gasteiger partial charge < -0.3 is 10.5 Å². The van der Waals surface area contributed by atoms with Crippen LogP contribution in [0.4, 0.5) is 0 Å². The molecule has 0 aliphatic heterocycles. The lowest BCUT2D eigenvalue weighted by Crippen LogP contribution is -2.31. The lowest BCUT2D eigenvalue weighted by Gasteiger charge is -2.12. The number of terminal acetylenes is 1. The molecule has 2 N–H and O–H groups in total. The van der Waals surface area contributed by atoms with Gasteiger partial charge in [-0.25, -0.2) is 0 Å². The molecule has 1 rings (SSSR count). The van der Waals surface area contributed by atoms with E-state index in [2.05, 4.69) is 5.92 Å². The molecule has 0 heterocycles. The number of esters is 1. The first-order valence-electron chi connectivity index (χ1n) is 4.11. The summed E-state index contributed by atoms with van der Waals surface area (Å²) in [5.74, 6) is 1.89. The molecule has 12 heavy (non-hydrogen) atoms. The number of hydrogen-bond acceptors (Lipinski definition) is 3. The summed E-state index contributed by atoms with van der Waals surface area (Å²) in [7, 11) is 0. The number of carbonyl (C=O) groups is 1. The second kappa shape index (κ2) is 4.13. The Kier molecular flexibility index (Phi) is 3.12. The van der Waals surface area contributed by atoms with E-state index in [1.165, 1.54) is 0 Å². The van der Waals surface area contributed by atoms with Crippen LogP contribution in [0, 0.1) is 18.3 Å². The van der Waals surface area contributed by atoms with Crippen molar-refractivity contribution in [2.24, 2.45) is 11.7 Å². The Balaban J connectivity index is 2.37. The third kappa shape index (κ3) is 1.99. The van der Waals surface area contributed by atoms with Gasteiger partial charge in [-0.15, -0.1) is 6.42 Å². The summed E-state index contributed by atoms with van der Waals surface area (Å²) in [6.45, 7) is 0.0576. The smallest absolute Gasteiger partial charge is 0.311 e. The van der Waals surface area contributed by atoms with Crippen molar-refractivity contribution >= 4 is 5.97 Å². The minimum absolute atomic E-state index is 0.0322. The Hall–Kier alpha value is -1.01. The Morgan fingerprint density at radius 1 is 1.67 bits per heavy atom. The van der Waals surface area contributed by atoms with E-state index in [1.54, 1.807) is 0 Å². The fourth-order valence-electron chi connectivity index (χ4n) is 1.50. The van der Waals surface area contributed by atoms with E-state index in [0.29, 0.717) is 0 Å². The highest BCUT2D eigenvalue weighted by molar-refractivity contribution is 5.73. The van der Waals surface area contributed by atoms with Crippen molar-refractivity contribution in [2.45, 2.75) is 25.3 Å². The summed E-state index contributed by atoms with van der Waals surface area (Å²) in [5.41, 5.74) is 5.70. The molecule has 3 nitrogen and oxygen atoms in total. The number of carbonyl (C=O) groups excluding carboxylic acids is 1. The zero-order chi connectivity index (χ0) is 8.97. The molecule has 0 radical (unpaired) electrons. The zero-order valence-corrected chi connectivity index (χ0v) is 6.95. The Labute approximate surface area is 72.3 Å². The van der Waals surface area contributed by atoms with Gasteiger partial charge in [0.1, 0.15) is 0 Å². The van der Waals surface area contributed by atoms with Gasteiger partial charge in [0, 0.05) is 6.04 Å². The molecule has 1 fully saturated rings. The van der Waals surface area contributed by atoms with Crippen molar-refractivity contribution in [1.29, 1.82) is 0 Å². The fourth-order valence-corrected chi connectivity index (χ4v) is 1.50. The monoisotopic (exact) mass is 167 g/mol. The Morgan fingerprint density at radius 3 is 2.92 bits per heavy atom. The van der Waals surface area contributed by atoms with E-state index in [0.717, 1.165) is 19.3 Å². The van der Waals surface area contributed by atoms with Crippen molar-refractivity contribution in [3.63, 3.8) is 0 Å². The fraction of sp³-hybridized carbons (Fsp3) is 0.667. The van der Waals surface area contributed by atoms with Crippen LogP contribution in [0.25, 0.3) is 0 Å². The van der Waals surface area contributed by atoms with Crippen LogP contribution < -0.4 is 5.73 Å². The first-order chi connectivity index (χ1) is 5.75. The standard InChI is InChI=1S/C9H13NO2/c1-2-6-12-9(11)7-4-3-5-8(7)10/h1,7-8H,3-6,10H2/t7-,8+/m1/s1. The van der Waals surface area contributed by atoms with Crippen LogP contribution in [0.2, 0.25) is 0 Å². The molecule has 0 aromatic rings. The van der Waals surface area contributed by atoms with E-state index < -0.39 is 0 Å². The van der Waals surface area contributed by atoms with E-state index in [1.807, 2.05) is 0 Å². The van der Waals surface area contributed by atoms with Crippen molar-refractivity contribution in [2.75, 3.05) is 6.61 Å². The number of ether oxygens (including phenoxy) is 1. The molecule has 0 spiro atoms. The average molecular weight is 167 g/mol. The molecule has 0 amide bonds. The van der Waals surface area contributed by atoms with Gasteiger partial charge in [-0.05, 0) is 12.8 Å². The first-order valence-corrected chi connectivity index (χ1v) is 4.11. The van der Waals surface area contributed by atoms with Crippen LogP contribution in [-0.2, 0) is 9.53 Å². The van der Waals surface area contributed by atoms with E-state index in [4.69, 9.17) is 16.9 Å². The van der Waals surface area contributed by atoms with Gasteiger partial charge >= 0.3 is 5.97 Å². The highest BCUT2D eigenvalue weighted by atomic mass is 16.5. The van der Waals surface area contributed by atoms with Crippen molar-refractivity contribution in [3.8, 4) is 12.3 Å². The lowest BCUT2D eigenvalue weighted by atomic mass is 10.1. The molecule has 2 atom stereocenters. The average Bonchev–Trinajstić information content (AvgIpc) is 2.47. The van der Waals surface area contributed by atoms with Gasteiger partial charge in [0.15, 0.2) is 6.61 Å². The topological polar surface area (TPSA) is 52.3 Å². The Morgan fingerprint density at radius 2 is 2.42 bits per heavy atom. The van der Waals surface area contributed by atoms with Gasteiger partial charge in [-0.3, -0.25) is 4.79 Å². The molecule has 0 saturated heterocycles. The summed E-state index contributed by atoms with van der Waals surface area (Å²) < 4.78 is 4.79. The van der Waals surface area contributed by atoms with Gasteiger partial charge in [-0.1, -0.05) is 12.3 Å². The molecule has 0 aromatic carbocycles. The SMILES string of the molecule is C#CCOC(=O)[C@@H]1CCC[C@@H]1N. The van der Waals surface area contributed by atoms with Crippen LogP contribution in [-0.4, -0.2) is 18.6 Å². The molecule has 0 bridgehead atoms. The largest absolute Gasteiger partial charge is 0.452 e.